The molecule has 1 heterocycles. The minimum atomic E-state index is -0.534. The van der Waals surface area contributed by atoms with Crippen LogP contribution < -0.4 is 10.9 Å². The van der Waals surface area contributed by atoms with Crippen LogP contribution in [-0.2, 0) is 6.54 Å². The van der Waals surface area contributed by atoms with Gasteiger partial charge in [-0.25, -0.2) is 9.37 Å². The summed E-state index contributed by atoms with van der Waals surface area (Å²) in [5.41, 5.74) is 0.685. The van der Waals surface area contributed by atoms with E-state index in [9.17, 15) is 14.0 Å². The van der Waals surface area contributed by atoms with Crippen LogP contribution in [0, 0.1) is 5.82 Å². The Balaban J connectivity index is 1.80. The second-order valence-electron chi connectivity index (χ2n) is 4.86. The van der Waals surface area contributed by atoms with E-state index in [4.69, 9.17) is 11.6 Å². The summed E-state index contributed by atoms with van der Waals surface area (Å²) in [6.45, 7) is 0.134. The van der Waals surface area contributed by atoms with E-state index in [1.54, 1.807) is 24.3 Å². The van der Waals surface area contributed by atoms with Crippen molar-refractivity contribution in [3.8, 4) is 0 Å². The Labute approximate surface area is 135 Å². The highest BCUT2D eigenvalue weighted by molar-refractivity contribution is 6.30. The number of H-pyrrole nitrogens is 1. The maximum Gasteiger partial charge on any atom is 0.287 e. The molecule has 3 aromatic rings. The summed E-state index contributed by atoms with van der Waals surface area (Å²) in [4.78, 5) is 30.6. The normalized spacial score (nSPS) is 10.7. The Bertz CT molecular complexity index is 955. The van der Waals surface area contributed by atoms with Crippen molar-refractivity contribution in [1.29, 1.82) is 0 Å². The van der Waals surface area contributed by atoms with E-state index in [1.807, 2.05) is 0 Å². The standard InChI is InChI=1S/C16H11ClFN3O2/c17-11-7-9(5-6-12(11)18)8-19-16(23)14-20-13-4-2-1-3-10(13)15(22)21-14/h1-7H,8H2,(H,19,23)(H,20,21,22). The van der Waals surface area contributed by atoms with Crippen molar-refractivity contribution >= 4 is 28.4 Å². The number of hydrogen-bond acceptors (Lipinski definition) is 3. The van der Waals surface area contributed by atoms with Gasteiger partial charge in [0.1, 0.15) is 5.82 Å². The van der Waals surface area contributed by atoms with Crippen LogP contribution in [0.2, 0.25) is 5.02 Å². The average Bonchev–Trinajstić information content (AvgIpc) is 2.55. The number of fused-ring (bicyclic) bond motifs is 1. The number of rotatable bonds is 3. The lowest BCUT2D eigenvalue weighted by atomic mass is 10.2. The number of carbonyl (C=O) groups excluding carboxylic acids is 1. The molecule has 0 unspecified atom stereocenters. The maximum absolute atomic E-state index is 13.1. The van der Waals surface area contributed by atoms with Gasteiger partial charge in [-0.1, -0.05) is 29.8 Å². The van der Waals surface area contributed by atoms with Crippen LogP contribution in [0.15, 0.2) is 47.3 Å². The molecule has 0 fully saturated rings. The van der Waals surface area contributed by atoms with Crippen LogP contribution >= 0.6 is 11.6 Å². The van der Waals surface area contributed by atoms with E-state index < -0.39 is 11.7 Å². The van der Waals surface area contributed by atoms with E-state index in [0.29, 0.717) is 16.5 Å². The predicted octanol–water partition coefficient (Wildman–Crippen LogP) is 2.65. The van der Waals surface area contributed by atoms with Gasteiger partial charge in [0.15, 0.2) is 5.82 Å². The third-order valence-corrected chi connectivity index (χ3v) is 3.55. The molecular formula is C16H11ClFN3O2. The summed E-state index contributed by atoms with van der Waals surface area (Å²) in [5.74, 6) is -1.14. The molecule has 2 N–H and O–H groups in total. The van der Waals surface area contributed by atoms with Crippen LogP contribution in [0.4, 0.5) is 4.39 Å². The predicted molar refractivity (Wildman–Crippen MR) is 84.9 cm³/mol. The van der Waals surface area contributed by atoms with Crippen molar-refractivity contribution < 1.29 is 9.18 Å². The van der Waals surface area contributed by atoms with Crippen LogP contribution in [0.1, 0.15) is 16.2 Å². The molecule has 0 bridgehead atoms. The molecule has 2 aromatic carbocycles. The molecule has 1 amide bonds. The highest BCUT2D eigenvalue weighted by Gasteiger charge is 2.11. The molecule has 116 valence electrons. The van der Waals surface area contributed by atoms with Gasteiger partial charge in [-0.3, -0.25) is 9.59 Å². The minimum Gasteiger partial charge on any atom is -0.345 e. The lowest BCUT2D eigenvalue weighted by Crippen LogP contribution is -2.27. The monoisotopic (exact) mass is 331 g/mol. The first-order chi connectivity index (χ1) is 11.0. The van der Waals surface area contributed by atoms with Crippen molar-refractivity contribution in [2.24, 2.45) is 0 Å². The lowest BCUT2D eigenvalue weighted by molar-refractivity contribution is 0.0940. The molecule has 0 aliphatic rings. The van der Waals surface area contributed by atoms with E-state index in [0.717, 1.165) is 0 Å². The molecule has 7 heteroatoms. The number of benzene rings is 2. The van der Waals surface area contributed by atoms with Gasteiger partial charge in [0.05, 0.1) is 15.9 Å². The quantitative estimate of drug-likeness (QED) is 0.774. The highest BCUT2D eigenvalue weighted by atomic mass is 35.5. The first-order valence-corrected chi connectivity index (χ1v) is 7.13. The van der Waals surface area contributed by atoms with Crippen LogP contribution in [0.3, 0.4) is 0 Å². The Morgan fingerprint density at radius 2 is 2.04 bits per heavy atom. The molecule has 0 radical (unpaired) electrons. The van der Waals surface area contributed by atoms with Gasteiger partial charge >= 0.3 is 0 Å². The fourth-order valence-electron chi connectivity index (χ4n) is 2.11. The number of aromatic amines is 1. The highest BCUT2D eigenvalue weighted by Crippen LogP contribution is 2.15. The maximum atomic E-state index is 13.1. The van der Waals surface area contributed by atoms with E-state index in [-0.39, 0.29) is 23.0 Å². The zero-order valence-electron chi connectivity index (χ0n) is 11.8. The topological polar surface area (TPSA) is 74.8 Å². The fourth-order valence-corrected chi connectivity index (χ4v) is 2.31. The van der Waals surface area contributed by atoms with Gasteiger partial charge in [-0.05, 0) is 29.8 Å². The first kappa shape index (κ1) is 15.2. The van der Waals surface area contributed by atoms with Gasteiger partial charge in [-0.2, -0.15) is 0 Å². The number of nitrogens with one attached hydrogen (secondary N) is 2. The molecule has 3 rings (SSSR count). The molecule has 0 atom stereocenters. The number of aromatic nitrogens is 2. The summed E-state index contributed by atoms with van der Waals surface area (Å²) in [5, 5.41) is 2.99. The van der Waals surface area contributed by atoms with Crippen LogP contribution in [-0.4, -0.2) is 15.9 Å². The number of amides is 1. The Kier molecular flexibility index (Phi) is 4.08. The Morgan fingerprint density at radius 3 is 2.83 bits per heavy atom. The molecule has 0 aliphatic heterocycles. The zero-order chi connectivity index (χ0) is 16.4. The Morgan fingerprint density at radius 1 is 1.26 bits per heavy atom. The molecular weight excluding hydrogens is 321 g/mol. The lowest BCUT2D eigenvalue weighted by Gasteiger charge is -2.06. The molecule has 0 aliphatic carbocycles. The second kappa shape index (κ2) is 6.18. The zero-order valence-corrected chi connectivity index (χ0v) is 12.5. The van der Waals surface area contributed by atoms with Crippen molar-refractivity contribution in [2.45, 2.75) is 6.54 Å². The van der Waals surface area contributed by atoms with E-state index in [2.05, 4.69) is 15.3 Å². The fraction of sp³-hybridized carbons (Fsp3) is 0.0625. The second-order valence-corrected chi connectivity index (χ2v) is 5.27. The van der Waals surface area contributed by atoms with Crippen molar-refractivity contribution in [1.82, 2.24) is 15.3 Å². The molecule has 23 heavy (non-hydrogen) atoms. The van der Waals surface area contributed by atoms with Crippen molar-refractivity contribution in [3.05, 3.63) is 75.0 Å². The summed E-state index contributed by atoms with van der Waals surface area (Å²) in [7, 11) is 0. The largest absolute Gasteiger partial charge is 0.345 e. The SMILES string of the molecule is O=C(NCc1ccc(F)c(Cl)c1)c1nc2ccccc2c(=O)[nH]1. The number of nitrogens with zero attached hydrogens (tertiary/aromatic N) is 1. The van der Waals surface area contributed by atoms with Gasteiger partial charge in [0, 0.05) is 6.54 Å². The molecule has 0 saturated heterocycles. The van der Waals surface area contributed by atoms with Crippen molar-refractivity contribution in [2.75, 3.05) is 0 Å². The summed E-state index contributed by atoms with van der Waals surface area (Å²) >= 11 is 5.68. The molecule has 0 spiro atoms. The van der Waals surface area contributed by atoms with Crippen molar-refractivity contribution in [3.63, 3.8) is 0 Å². The van der Waals surface area contributed by atoms with Gasteiger partial charge < -0.3 is 10.3 Å². The van der Waals surface area contributed by atoms with Crippen LogP contribution in [0.25, 0.3) is 10.9 Å². The average molecular weight is 332 g/mol. The minimum absolute atomic E-state index is 0.0195. The summed E-state index contributed by atoms with van der Waals surface area (Å²) in [6, 6.07) is 10.9. The molecule has 5 nitrogen and oxygen atoms in total. The summed E-state index contributed by atoms with van der Waals surface area (Å²) < 4.78 is 13.1. The third kappa shape index (κ3) is 3.22. The molecule has 0 saturated carbocycles. The number of halogens is 2. The number of carbonyl (C=O) groups is 1. The van der Waals surface area contributed by atoms with Crippen LogP contribution in [0.5, 0.6) is 0 Å². The number of para-hydroxylation sites is 1. The Hall–Kier alpha value is -2.73. The first-order valence-electron chi connectivity index (χ1n) is 6.76. The van der Waals surface area contributed by atoms with Gasteiger partial charge in [-0.15, -0.1) is 0 Å². The van der Waals surface area contributed by atoms with E-state index in [1.165, 1.54) is 18.2 Å². The summed E-state index contributed by atoms with van der Waals surface area (Å²) in [6.07, 6.45) is 0. The smallest absolute Gasteiger partial charge is 0.287 e. The van der Waals surface area contributed by atoms with Gasteiger partial charge in [0.25, 0.3) is 11.5 Å². The van der Waals surface area contributed by atoms with Gasteiger partial charge in [0.2, 0.25) is 0 Å². The van der Waals surface area contributed by atoms with E-state index >= 15 is 0 Å². The molecule has 1 aromatic heterocycles. The number of hydrogen-bond donors (Lipinski definition) is 2. The third-order valence-electron chi connectivity index (χ3n) is 3.27.